The Hall–Kier alpha value is -3.80. The van der Waals surface area contributed by atoms with E-state index < -0.39 is 36.2 Å². The highest BCUT2D eigenvalue weighted by Gasteiger charge is 2.49. The van der Waals surface area contributed by atoms with Gasteiger partial charge in [0.05, 0.1) is 23.5 Å². The lowest BCUT2D eigenvalue weighted by Crippen LogP contribution is -2.34. The van der Waals surface area contributed by atoms with Crippen LogP contribution in [-0.4, -0.2) is 30.2 Å². The largest absolute Gasteiger partial charge is 0.573 e. The number of carbonyl (C=O) groups excluding carboxylic acids is 1. The zero-order chi connectivity index (χ0) is 27.9. The van der Waals surface area contributed by atoms with Gasteiger partial charge in [0, 0.05) is 28.2 Å². The summed E-state index contributed by atoms with van der Waals surface area (Å²) in [6.45, 7) is 1.21. The number of nitrogens with one attached hydrogen (secondary N) is 2. The van der Waals surface area contributed by atoms with E-state index in [1.165, 1.54) is 42.2 Å². The summed E-state index contributed by atoms with van der Waals surface area (Å²) in [6, 6.07) is 12.5. The number of phenols is 1. The van der Waals surface area contributed by atoms with Crippen molar-refractivity contribution in [2.24, 2.45) is 0 Å². The first-order valence-electron chi connectivity index (χ1n) is 11.0. The van der Waals surface area contributed by atoms with Gasteiger partial charge in [-0.1, -0.05) is 30.7 Å². The van der Waals surface area contributed by atoms with Gasteiger partial charge in [-0.3, -0.25) is 0 Å². The number of anilines is 4. The normalized spacial score (nSPS) is 17.2. The highest BCUT2D eigenvalue weighted by Crippen LogP contribution is 2.55. The molecule has 3 aromatic rings. The first-order chi connectivity index (χ1) is 17.7. The lowest BCUT2D eigenvalue weighted by atomic mass is 9.81. The number of phenolic OH excluding ortho intramolecular Hbond substituents is 1. The van der Waals surface area contributed by atoms with Crippen LogP contribution in [0.1, 0.15) is 18.9 Å². The standard InChI is InChI=1S/C25H20ClF6N3O3/c1-23(12-24(27,28)29)13-35(21-19(36)11-10-16(26)20(21)23)18-5-3-2-4-17(18)34-22(37)33-14-6-8-15(9-7-14)38-25(30,31)32/h2-11,36H,12-13H2,1H3,(H2,33,34,37). The van der Waals surface area contributed by atoms with Crippen molar-refractivity contribution in [2.75, 3.05) is 22.1 Å². The number of nitrogens with zero attached hydrogens (tertiary/aromatic N) is 1. The van der Waals surface area contributed by atoms with E-state index >= 15 is 0 Å². The Balaban J connectivity index is 1.61. The molecule has 0 saturated carbocycles. The van der Waals surface area contributed by atoms with Crippen LogP contribution in [0.2, 0.25) is 5.02 Å². The number of alkyl halides is 6. The van der Waals surface area contributed by atoms with Gasteiger partial charge in [0.25, 0.3) is 0 Å². The highest BCUT2D eigenvalue weighted by molar-refractivity contribution is 6.32. The molecule has 1 unspecified atom stereocenters. The van der Waals surface area contributed by atoms with Crippen LogP contribution in [-0.2, 0) is 5.41 Å². The molecule has 0 aliphatic carbocycles. The molecule has 1 atom stereocenters. The van der Waals surface area contributed by atoms with E-state index in [4.69, 9.17) is 11.6 Å². The van der Waals surface area contributed by atoms with E-state index in [1.807, 2.05) is 0 Å². The summed E-state index contributed by atoms with van der Waals surface area (Å²) in [7, 11) is 0. The van der Waals surface area contributed by atoms with Gasteiger partial charge in [-0.15, -0.1) is 13.2 Å². The van der Waals surface area contributed by atoms with Gasteiger partial charge >= 0.3 is 18.6 Å². The van der Waals surface area contributed by atoms with Gasteiger partial charge < -0.3 is 25.4 Å². The molecular formula is C25H20ClF6N3O3. The summed E-state index contributed by atoms with van der Waals surface area (Å²) in [5.74, 6) is -0.752. The molecule has 38 heavy (non-hydrogen) atoms. The minimum atomic E-state index is -4.86. The molecule has 0 aromatic heterocycles. The summed E-state index contributed by atoms with van der Waals surface area (Å²) >= 11 is 6.31. The van der Waals surface area contributed by atoms with Crippen LogP contribution in [0.4, 0.5) is 53.9 Å². The van der Waals surface area contributed by atoms with Gasteiger partial charge in [-0.2, -0.15) is 13.2 Å². The molecular weight excluding hydrogens is 540 g/mol. The topological polar surface area (TPSA) is 73.8 Å². The molecule has 0 saturated heterocycles. The fourth-order valence-electron chi connectivity index (χ4n) is 4.54. The number of para-hydroxylation sites is 2. The molecule has 4 rings (SSSR count). The highest BCUT2D eigenvalue weighted by atomic mass is 35.5. The lowest BCUT2D eigenvalue weighted by Gasteiger charge is -2.28. The van der Waals surface area contributed by atoms with Crippen molar-refractivity contribution in [2.45, 2.75) is 31.3 Å². The van der Waals surface area contributed by atoms with Crippen molar-refractivity contribution < 1.29 is 41.0 Å². The van der Waals surface area contributed by atoms with E-state index in [1.54, 1.807) is 18.2 Å². The predicted molar refractivity (Wildman–Crippen MR) is 130 cm³/mol. The number of hydrogen-bond acceptors (Lipinski definition) is 4. The maximum absolute atomic E-state index is 13.5. The molecule has 1 aliphatic rings. The molecule has 0 bridgehead atoms. The zero-order valence-corrected chi connectivity index (χ0v) is 20.3. The van der Waals surface area contributed by atoms with Gasteiger partial charge in [0.2, 0.25) is 0 Å². The molecule has 202 valence electrons. The molecule has 13 heteroatoms. The smallest absolute Gasteiger partial charge is 0.506 e. The second kappa shape index (κ2) is 9.82. The third-order valence-corrected chi connectivity index (χ3v) is 6.18. The number of amides is 2. The van der Waals surface area contributed by atoms with Crippen LogP contribution in [0.3, 0.4) is 0 Å². The fraction of sp³-hybridized carbons (Fsp3) is 0.240. The quantitative estimate of drug-likeness (QED) is 0.277. The first kappa shape index (κ1) is 27.2. The van der Waals surface area contributed by atoms with Crippen molar-refractivity contribution in [1.29, 1.82) is 0 Å². The number of fused-ring (bicyclic) bond motifs is 1. The maximum Gasteiger partial charge on any atom is 0.573 e. The summed E-state index contributed by atoms with van der Waals surface area (Å²) in [6.07, 6.45) is -10.6. The van der Waals surface area contributed by atoms with Crippen LogP contribution in [0, 0.1) is 0 Å². The molecule has 6 nitrogen and oxygen atoms in total. The third-order valence-electron chi connectivity index (χ3n) is 5.87. The van der Waals surface area contributed by atoms with Gasteiger partial charge in [-0.25, -0.2) is 4.79 Å². The Morgan fingerprint density at radius 1 is 1.03 bits per heavy atom. The second-order valence-corrected chi connectivity index (χ2v) is 9.30. The van der Waals surface area contributed by atoms with Crippen molar-refractivity contribution in [3.63, 3.8) is 0 Å². The van der Waals surface area contributed by atoms with Crippen LogP contribution < -0.4 is 20.3 Å². The van der Waals surface area contributed by atoms with Crippen LogP contribution >= 0.6 is 11.6 Å². The van der Waals surface area contributed by atoms with Crippen molar-refractivity contribution >= 4 is 40.4 Å². The average molecular weight is 560 g/mol. The lowest BCUT2D eigenvalue weighted by molar-refractivity contribution is -0.274. The third kappa shape index (κ3) is 6.01. The van der Waals surface area contributed by atoms with Crippen LogP contribution in [0.15, 0.2) is 60.7 Å². The van der Waals surface area contributed by atoms with E-state index in [2.05, 4.69) is 15.4 Å². The summed E-state index contributed by atoms with van der Waals surface area (Å²) in [5, 5.41) is 15.7. The minimum absolute atomic E-state index is 0.0631. The Bertz CT molecular complexity index is 1350. The molecule has 3 N–H and O–H groups in total. The molecule has 0 spiro atoms. The van der Waals surface area contributed by atoms with Gasteiger partial charge in [-0.05, 0) is 48.5 Å². The Morgan fingerprint density at radius 3 is 2.32 bits per heavy atom. The monoisotopic (exact) mass is 559 g/mol. The number of ether oxygens (including phenoxy) is 1. The van der Waals surface area contributed by atoms with Crippen LogP contribution in [0.25, 0.3) is 0 Å². The van der Waals surface area contributed by atoms with E-state index in [0.29, 0.717) is 5.69 Å². The molecule has 2 amide bonds. The van der Waals surface area contributed by atoms with Crippen molar-refractivity contribution in [1.82, 2.24) is 0 Å². The Morgan fingerprint density at radius 2 is 1.68 bits per heavy atom. The minimum Gasteiger partial charge on any atom is -0.506 e. The molecule has 1 aliphatic heterocycles. The summed E-state index contributed by atoms with van der Waals surface area (Å²) in [5.41, 5.74) is -0.622. The molecule has 0 radical (unpaired) electrons. The van der Waals surface area contributed by atoms with Crippen LogP contribution in [0.5, 0.6) is 11.5 Å². The van der Waals surface area contributed by atoms with Gasteiger partial charge in [0.1, 0.15) is 11.5 Å². The maximum atomic E-state index is 13.5. The van der Waals surface area contributed by atoms with Crippen molar-refractivity contribution in [3.8, 4) is 11.5 Å². The van der Waals surface area contributed by atoms with Gasteiger partial charge in [0.15, 0.2) is 0 Å². The molecule has 1 heterocycles. The number of hydrogen-bond donors (Lipinski definition) is 3. The van der Waals surface area contributed by atoms with E-state index in [-0.39, 0.29) is 39.9 Å². The molecule has 3 aromatic carbocycles. The number of urea groups is 1. The number of rotatable bonds is 5. The number of carbonyl (C=O) groups is 1. The number of benzene rings is 3. The number of halogens is 7. The zero-order valence-electron chi connectivity index (χ0n) is 19.5. The Kier molecular flexibility index (Phi) is 7.04. The first-order valence-corrected chi connectivity index (χ1v) is 11.4. The average Bonchev–Trinajstić information content (AvgIpc) is 3.09. The van der Waals surface area contributed by atoms with E-state index in [9.17, 15) is 36.2 Å². The second-order valence-electron chi connectivity index (χ2n) is 8.90. The number of aromatic hydroxyl groups is 1. The SMILES string of the molecule is CC1(CC(F)(F)F)CN(c2ccccc2NC(=O)Nc2ccc(OC(F)(F)F)cc2)c2c(O)ccc(Cl)c21. The fourth-order valence-corrected chi connectivity index (χ4v) is 4.92. The predicted octanol–water partition coefficient (Wildman–Crippen LogP) is 7.95. The Labute approximate surface area is 217 Å². The molecule has 0 fully saturated rings. The van der Waals surface area contributed by atoms with Crippen molar-refractivity contribution in [3.05, 3.63) is 71.2 Å². The van der Waals surface area contributed by atoms with E-state index in [0.717, 1.165) is 12.1 Å². The summed E-state index contributed by atoms with van der Waals surface area (Å²) in [4.78, 5) is 14.1. The summed E-state index contributed by atoms with van der Waals surface area (Å²) < 4.78 is 81.4.